The smallest absolute Gasteiger partial charge is 0.241 e. The molecule has 0 spiro atoms. The molecule has 1 aromatic rings. The normalized spacial score (nSPS) is 13.1. The van der Waals surface area contributed by atoms with Crippen molar-refractivity contribution in [2.75, 3.05) is 25.0 Å². The van der Waals surface area contributed by atoms with Gasteiger partial charge in [-0.1, -0.05) is 26.0 Å². The predicted molar refractivity (Wildman–Crippen MR) is 94.7 cm³/mol. The number of pyridine rings is 1. The van der Waals surface area contributed by atoms with Gasteiger partial charge < -0.3 is 5.32 Å². The summed E-state index contributed by atoms with van der Waals surface area (Å²) in [6.07, 6.45) is 5.22. The number of nitrogens with two attached hydrogens (primary N) is 1. The molecule has 1 atom stereocenters. The molecule has 1 heterocycles. The van der Waals surface area contributed by atoms with Crippen molar-refractivity contribution < 1.29 is 8.42 Å². The number of aromatic nitrogens is 1. The average Bonchev–Trinajstić information content (AvgIpc) is 2.47. The van der Waals surface area contributed by atoms with Gasteiger partial charge in [0.1, 0.15) is 10.7 Å². The fraction of sp³-hybridized carbons (Fsp3) is 0.438. The first-order valence-electron chi connectivity index (χ1n) is 7.48. The van der Waals surface area contributed by atoms with Crippen molar-refractivity contribution in [1.29, 1.82) is 0 Å². The van der Waals surface area contributed by atoms with E-state index in [1.165, 1.54) is 12.3 Å². The van der Waals surface area contributed by atoms with Crippen LogP contribution in [0.5, 0.6) is 0 Å². The maximum Gasteiger partial charge on any atom is 0.241 e. The number of nitrogens with one attached hydrogen (secondary N) is 1. The van der Waals surface area contributed by atoms with Gasteiger partial charge >= 0.3 is 0 Å². The molecule has 128 valence electrons. The molecule has 0 saturated carbocycles. The van der Waals surface area contributed by atoms with Crippen LogP contribution in [-0.2, 0) is 10.0 Å². The third-order valence-electron chi connectivity index (χ3n) is 3.52. The van der Waals surface area contributed by atoms with E-state index in [2.05, 4.69) is 42.2 Å². The van der Waals surface area contributed by atoms with Crippen molar-refractivity contribution in [3.8, 4) is 0 Å². The Morgan fingerprint density at radius 2 is 1.96 bits per heavy atom. The van der Waals surface area contributed by atoms with Crippen LogP contribution in [0, 0.1) is 5.92 Å². The number of primary sulfonamides is 1. The van der Waals surface area contributed by atoms with Crippen molar-refractivity contribution in [3.05, 3.63) is 43.6 Å². The van der Waals surface area contributed by atoms with Gasteiger partial charge in [0, 0.05) is 31.9 Å². The molecule has 0 bridgehead atoms. The van der Waals surface area contributed by atoms with Crippen LogP contribution in [-0.4, -0.2) is 44.0 Å². The zero-order valence-electron chi connectivity index (χ0n) is 13.8. The molecule has 1 rings (SSSR count). The van der Waals surface area contributed by atoms with E-state index in [0.29, 0.717) is 12.5 Å². The molecule has 6 nitrogen and oxygen atoms in total. The molecule has 0 aliphatic heterocycles. The lowest BCUT2D eigenvalue weighted by atomic mass is 10.0. The van der Waals surface area contributed by atoms with Crippen LogP contribution in [0.15, 0.2) is 48.5 Å². The largest absolute Gasteiger partial charge is 0.367 e. The predicted octanol–water partition coefficient (Wildman–Crippen LogP) is 1.84. The van der Waals surface area contributed by atoms with Crippen molar-refractivity contribution in [3.63, 3.8) is 0 Å². The zero-order valence-corrected chi connectivity index (χ0v) is 14.6. The molecule has 0 aromatic carbocycles. The Hall–Kier alpha value is -1.70. The number of nitrogens with zero attached hydrogens (tertiary/aromatic N) is 2. The second kappa shape index (κ2) is 8.81. The van der Waals surface area contributed by atoms with Gasteiger partial charge in [-0.3, -0.25) is 4.90 Å². The zero-order chi connectivity index (χ0) is 17.5. The van der Waals surface area contributed by atoms with Crippen LogP contribution < -0.4 is 10.5 Å². The van der Waals surface area contributed by atoms with Gasteiger partial charge in [0.05, 0.1) is 0 Å². The van der Waals surface area contributed by atoms with Gasteiger partial charge in [0.2, 0.25) is 10.0 Å². The molecule has 0 saturated heterocycles. The number of hydrogen-bond donors (Lipinski definition) is 2. The van der Waals surface area contributed by atoms with Gasteiger partial charge in [-0.2, -0.15) is 0 Å². The Balaban J connectivity index is 2.96. The van der Waals surface area contributed by atoms with E-state index < -0.39 is 10.0 Å². The minimum atomic E-state index is -3.81. The number of hydrogen-bond acceptors (Lipinski definition) is 5. The Morgan fingerprint density at radius 1 is 1.35 bits per heavy atom. The van der Waals surface area contributed by atoms with Crippen molar-refractivity contribution >= 4 is 15.8 Å². The second-order valence-electron chi connectivity index (χ2n) is 5.62. The monoisotopic (exact) mass is 338 g/mol. The van der Waals surface area contributed by atoms with Gasteiger partial charge in [-0.25, -0.2) is 18.5 Å². The minimum Gasteiger partial charge on any atom is -0.367 e. The Morgan fingerprint density at radius 3 is 2.43 bits per heavy atom. The lowest BCUT2D eigenvalue weighted by Gasteiger charge is -2.33. The van der Waals surface area contributed by atoms with Crippen LogP contribution in [0.4, 0.5) is 5.82 Å². The number of sulfonamides is 1. The highest BCUT2D eigenvalue weighted by atomic mass is 32.2. The summed E-state index contributed by atoms with van der Waals surface area (Å²) in [6.45, 7) is 13.8. The molecular weight excluding hydrogens is 312 g/mol. The van der Waals surface area contributed by atoms with Crippen LogP contribution in [0.1, 0.15) is 13.8 Å². The molecule has 0 radical (unpaired) electrons. The highest BCUT2D eigenvalue weighted by Crippen LogP contribution is 2.18. The molecular formula is C16H26N4O2S. The average molecular weight is 338 g/mol. The third-order valence-corrected chi connectivity index (χ3v) is 4.46. The van der Waals surface area contributed by atoms with Crippen LogP contribution in [0.3, 0.4) is 0 Å². The highest BCUT2D eigenvalue weighted by molar-refractivity contribution is 7.89. The highest BCUT2D eigenvalue weighted by Gasteiger charge is 2.22. The van der Waals surface area contributed by atoms with E-state index >= 15 is 0 Å². The fourth-order valence-corrected chi connectivity index (χ4v) is 3.08. The van der Waals surface area contributed by atoms with Gasteiger partial charge in [0.25, 0.3) is 0 Å². The first-order valence-corrected chi connectivity index (χ1v) is 9.03. The summed E-state index contributed by atoms with van der Waals surface area (Å²) in [6, 6.07) is 3.16. The lowest BCUT2D eigenvalue weighted by molar-refractivity contribution is 0.199. The fourth-order valence-electron chi connectivity index (χ4n) is 2.42. The molecule has 1 aromatic heterocycles. The van der Waals surface area contributed by atoms with E-state index in [4.69, 9.17) is 5.14 Å². The maximum atomic E-state index is 11.6. The standard InChI is InChI=1S/C16H26N4O2S/c1-5-10-20(11-6-2)14(13(3)4)12-19-16-15(23(17,21)22)8-7-9-18-16/h5-9,13-14H,1-2,10-12H2,3-4H3,(H,18,19)(H2,17,21,22). The summed E-state index contributed by atoms with van der Waals surface area (Å²) in [7, 11) is -3.81. The Labute approximate surface area is 139 Å². The first-order chi connectivity index (χ1) is 10.8. The molecule has 0 aliphatic carbocycles. The SMILES string of the molecule is C=CCN(CC=C)C(CNc1ncccc1S(N)(=O)=O)C(C)C. The summed E-state index contributed by atoms with van der Waals surface area (Å²) in [5.41, 5.74) is 0. The maximum absolute atomic E-state index is 11.6. The molecule has 23 heavy (non-hydrogen) atoms. The molecule has 0 amide bonds. The number of rotatable bonds is 10. The van der Waals surface area contributed by atoms with Gasteiger partial charge in [-0.05, 0) is 18.1 Å². The second-order valence-corrected chi connectivity index (χ2v) is 7.15. The Kier molecular flexibility index (Phi) is 7.41. The molecule has 0 fully saturated rings. The quantitative estimate of drug-likeness (QED) is 0.636. The number of anilines is 1. The van der Waals surface area contributed by atoms with Gasteiger partial charge in [0.15, 0.2) is 0 Å². The van der Waals surface area contributed by atoms with E-state index in [0.717, 1.165) is 13.1 Å². The first kappa shape index (κ1) is 19.3. The molecule has 7 heteroatoms. The van der Waals surface area contributed by atoms with Crippen molar-refractivity contribution in [2.24, 2.45) is 11.1 Å². The summed E-state index contributed by atoms with van der Waals surface area (Å²) in [5, 5.41) is 8.35. The molecule has 3 N–H and O–H groups in total. The third kappa shape index (κ3) is 5.78. The van der Waals surface area contributed by atoms with E-state index in [9.17, 15) is 8.42 Å². The van der Waals surface area contributed by atoms with E-state index in [-0.39, 0.29) is 16.8 Å². The summed E-state index contributed by atoms with van der Waals surface area (Å²) in [4.78, 5) is 6.32. The Bertz CT molecular complexity index is 619. The lowest BCUT2D eigenvalue weighted by Crippen LogP contribution is -2.44. The van der Waals surface area contributed by atoms with Crippen molar-refractivity contribution in [1.82, 2.24) is 9.88 Å². The van der Waals surface area contributed by atoms with E-state index in [1.54, 1.807) is 6.07 Å². The molecule has 1 unspecified atom stereocenters. The van der Waals surface area contributed by atoms with Crippen molar-refractivity contribution in [2.45, 2.75) is 24.8 Å². The van der Waals surface area contributed by atoms with Gasteiger partial charge in [-0.15, -0.1) is 13.2 Å². The van der Waals surface area contributed by atoms with Crippen LogP contribution in [0.25, 0.3) is 0 Å². The topological polar surface area (TPSA) is 88.3 Å². The summed E-state index contributed by atoms with van der Waals surface area (Å²) in [5.74, 6) is 0.627. The minimum absolute atomic E-state index is 0.00139. The summed E-state index contributed by atoms with van der Waals surface area (Å²) >= 11 is 0. The van der Waals surface area contributed by atoms with E-state index in [1.807, 2.05) is 12.2 Å². The summed E-state index contributed by atoms with van der Waals surface area (Å²) < 4.78 is 23.3. The molecule has 0 aliphatic rings. The van der Waals surface area contributed by atoms with Crippen LogP contribution >= 0.6 is 0 Å². The van der Waals surface area contributed by atoms with Crippen LogP contribution in [0.2, 0.25) is 0 Å².